The molecule has 0 spiro atoms. The van der Waals surface area contributed by atoms with Crippen LogP contribution in [-0.4, -0.2) is 30.8 Å². The van der Waals surface area contributed by atoms with E-state index in [1.165, 1.54) is 0 Å². The lowest BCUT2D eigenvalue weighted by atomic mass is 10.2. The molecule has 0 saturated heterocycles. The smallest absolute Gasteiger partial charge is 0.340 e. The second-order valence-electron chi connectivity index (χ2n) is 3.52. The molecule has 0 aliphatic heterocycles. The zero-order chi connectivity index (χ0) is 11.4. The third-order valence-corrected chi connectivity index (χ3v) is 2.18. The molecule has 3 nitrogen and oxygen atoms in total. The van der Waals surface area contributed by atoms with Crippen molar-refractivity contribution in [1.29, 1.82) is 0 Å². The average molecular weight is 211 g/mol. The standard InChI is InChI=1S/C11H14FNO2/c1-8-3-5-9(6-4-8)13(2)7-10(12)11(14)15/h3-6,10H,7H2,1-2H3,(H,14,15). The van der Waals surface area contributed by atoms with Gasteiger partial charge in [-0.3, -0.25) is 0 Å². The van der Waals surface area contributed by atoms with E-state index in [4.69, 9.17) is 5.11 Å². The molecule has 0 aliphatic rings. The Labute approximate surface area is 88.1 Å². The van der Waals surface area contributed by atoms with Gasteiger partial charge in [0.2, 0.25) is 6.17 Å². The van der Waals surface area contributed by atoms with E-state index in [0.29, 0.717) is 0 Å². The van der Waals surface area contributed by atoms with Gasteiger partial charge in [-0.25, -0.2) is 9.18 Å². The molecule has 0 bridgehead atoms. The van der Waals surface area contributed by atoms with Gasteiger partial charge in [-0.2, -0.15) is 0 Å². The highest BCUT2D eigenvalue weighted by Crippen LogP contribution is 2.14. The predicted octanol–water partition coefficient (Wildman–Crippen LogP) is 1.85. The Kier molecular flexibility index (Phi) is 3.66. The van der Waals surface area contributed by atoms with Crippen molar-refractivity contribution in [2.24, 2.45) is 0 Å². The summed E-state index contributed by atoms with van der Waals surface area (Å²) in [5.74, 6) is -1.42. The van der Waals surface area contributed by atoms with E-state index in [9.17, 15) is 9.18 Å². The highest BCUT2D eigenvalue weighted by molar-refractivity contribution is 5.73. The molecule has 1 atom stereocenters. The molecule has 1 aromatic carbocycles. The number of nitrogens with zero attached hydrogens (tertiary/aromatic N) is 1. The number of aliphatic carboxylic acids is 1. The summed E-state index contributed by atoms with van der Waals surface area (Å²) in [6, 6.07) is 7.48. The number of carboxylic acids is 1. The van der Waals surface area contributed by atoms with Gasteiger partial charge in [0, 0.05) is 12.7 Å². The maximum absolute atomic E-state index is 12.9. The van der Waals surface area contributed by atoms with Crippen LogP contribution in [0.15, 0.2) is 24.3 Å². The Bertz CT molecular complexity index is 337. The van der Waals surface area contributed by atoms with Crippen LogP contribution in [0.3, 0.4) is 0 Å². The molecular weight excluding hydrogens is 197 g/mol. The maximum atomic E-state index is 12.9. The first-order valence-corrected chi connectivity index (χ1v) is 4.65. The van der Waals surface area contributed by atoms with Crippen molar-refractivity contribution >= 4 is 11.7 Å². The van der Waals surface area contributed by atoms with Crippen molar-refractivity contribution in [2.45, 2.75) is 13.1 Å². The van der Waals surface area contributed by atoms with Crippen LogP contribution in [0.4, 0.5) is 10.1 Å². The molecule has 0 radical (unpaired) electrons. The molecule has 0 fully saturated rings. The van der Waals surface area contributed by atoms with Crippen LogP contribution in [-0.2, 0) is 4.79 Å². The average Bonchev–Trinajstić information content (AvgIpc) is 2.18. The number of benzene rings is 1. The topological polar surface area (TPSA) is 40.5 Å². The van der Waals surface area contributed by atoms with Gasteiger partial charge >= 0.3 is 5.97 Å². The minimum absolute atomic E-state index is 0.140. The lowest BCUT2D eigenvalue weighted by molar-refractivity contribution is -0.142. The summed E-state index contributed by atoms with van der Waals surface area (Å²) in [7, 11) is 1.67. The number of hydrogen-bond donors (Lipinski definition) is 1. The second-order valence-corrected chi connectivity index (χ2v) is 3.52. The number of carbonyl (C=O) groups is 1. The Morgan fingerprint density at radius 1 is 1.47 bits per heavy atom. The van der Waals surface area contributed by atoms with Gasteiger partial charge in [-0.05, 0) is 19.1 Å². The Hall–Kier alpha value is -1.58. The van der Waals surface area contributed by atoms with E-state index in [2.05, 4.69) is 0 Å². The van der Waals surface area contributed by atoms with Gasteiger partial charge in [-0.1, -0.05) is 17.7 Å². The number of anilines is 1. The highest BCUT2D eigenvalue weighted by Gasteiger charge is 2.17. The van der Waals surface area contributed by atoms with Gasteiger partial charge in [0.25, 0.3) is 0 Å². The Morgan fingerprint density at radius 3 is 2.47 bits per heavy atom. The van der Waals surface area contributed by atoms with Gasteiger partial charge in [0.1, 0.15) is 0 Å². The quantitative estimate of drug-likeness (QED) is 0.826. The van der Waals surface area contributed by atoms with Crippen LogP contribution in [0.2, 0.25) is 0 Å². The van der Waals surface area contributed by atoms with E-state index >= 15 is 0 Å². The van der Waals surface area contributed by atoms with Gasteiger partial charge < -0.3 is 10.0 Å². The highest BCUT2D eigenvalue weighted by atomic mass is 19.1. The van der Waals surface area contributed by atoms with E-state index in [1.54, 1.807) is 11.9 Å². The molecule has 0 aliphatic carbocycles. The summed E-state index contributed by atoms with van der Waals surface area (Å²) in [5.41, 5.74) is 1.92. The third kappa shape index (κ3) is 3.23. The minimum Gasteiger partial charge on any atom is -0.479 e. The summed E-state index contributed by atoms with van der Waals surface area (Å²) in [6.45, 7) is 1.82. The monoisotopic (exact) mass is 211 g/mol. The van der Waals surface area contributed by atoms with Crippen molar-refractivity contribution in [1.82, 2.24) is 0 Å². The van der Waals surface area contributed by atoms with Crippen molar-refractivity contribution in [3.05, 3.63) is 29.8 Å². The van der Waals surface area contributed by atoms with Crippen LogP contribution in [0.5, 0.6) is 0 Å². The van der Waals surface area contributed by atoms with Crippen molar-refractivity contribution in [2.75, 3.05) is 18.5 Å². The fourth-order valence-electron chi connectivity index (χ4n) is 1.22. The van der Waals surface area contributed by atoms with Crippen LogP contribution in [0, 0.1) is 6.92 Å². The molecule has 0 amide bonds. The molecular formula is C11H14FNO2. The SMILES string of the molecule is Cc1ccc(N(C)CC(F)C(=O)O)cc1. The van der Waals surface area contributed by atoms with Crippen molar-refractivity contribution < 1.29 is 14.3 Å². The first-order valence-electron chi connectivity index (χ1n) is 4.65. The van der Waals surface area contributed by atoms with Gasteiger partial charge in [0.05, 0.1) is 6.54 Å². The largest absolute Gasteiger partial charge is 0.479 e. The predicted molar refractivity (Wildman–Crippen MR) is 57.0 cm³/mol. The van der Waals surface area contributed by atoms with Crippen LogP contribution in [0.1, 0.15) is 5.56 Å². The number of rotatable bonds is 4. The third-order valence-electron chi connectivity index (χ3n) is 2.18. The van der Waals surface area contributed by atoms with E-state index in [0.717, 1.165) is 11.3 Å². The summed E-state index contributed by atoms with van der Waals surface area (Å²) in [4.78, 5) is 11.9. The minimum atomic E-state index is -1.85. The Balaban J connectivity index is 2.64. The number of halogens is 1. The molecule has 0 saturated carbocycles. The molecule has 0 heterocycles. The summed E-state index contributed by atoms with van der Waals surface area (Å²) in [5, 5.41) is 8.42. The second kappa shape index (κ2) is 4.77. The Morgan fingerprint density at radius 2 is 2.00 bits per heavy atom. The van der Waals surface area contributed by atoms with E-state index in [1.807, 2.05) is 31.2 Å². The molecule has 1 N–H and O–H groups in total. The fraction of sp³-hybridized carbons (Fsp3) is 0.364. The number of hydrogen-bond acceptors (Lipinski definition) is 2. The van der Waals surface area contributed by atoms with E-state index in [-0.39, 0.29) is 6.54 Å². The summed E-state index contributed by atoms with van der Waals surface area (Å²) in [6.07, 6.45) is -1.85. The lowest BCUT2D eigenvalue weighted by Crippen LogP contribution is -2.31. The van der Waals surface area contributed by atoms with Crippen molar-refractivity contribution in [3.63, 3.8) is 0 Å². The molecule has 0 aromatic heterocycles. The van der Waals surface area contributed by atoms with Crippen LogP contribution < -0.4 is 4.90 Å². The first kappa shape index (κ1) is 11.5. The van der Waals surface area contributed by atoms with E-state index < -0.39 is 12.1 Å². The summed E-state index contributed by atoms with van der Waals surface area (Å²) >= 11 is 0. The molecule has 1 unspecified atom stereocenters. The number of alkyl halides is 1. The van der Waals surface area contributed by atoms with Crippen LogP contribution in [0.25, 0.3) is 0 Å². The zero-order valence-corrected chi connectivity index (χ0v) is 8.77. The van der Waals surface area contributed by atoms with Gasteiger partial charge in [0.15, 0.2) is 0 Å². The fourth-order valence-corrected chi connectivity index (χ4v) is 1.22. The summed E-state index contributed by atoms with van der Waals surface area (Å²) < 4.78 is 12.9. The number of aryl methyl sites for hydroxylation is 1. The number of carboxylic acid groups (broad SMARTS) is 1. The molecule has 1 rings (SSSR count). The maximum Gasteiger partial charge on any atom is 0.340 e. The zero-order valence-electron chi connectivity index (χ0n) is 8.77. The molecule has 4 heteroatoms. The molecule has 1 aromatic rings. The van der Waals surface area contributed by atoms with Crippen LogP contribution >= 0.6 is 0 Å². The first-order chi connectivity index (χ1) is 7.00. The van der Waals surface area contributed by atoms with Crippen molar-refractivity contribution in [3.8, 4) is 0 Å². The molecule has 15 heavy (non-hydrogen) atoms. The normalized spacial score (nSPS) is 12.2. The lowest BCUT2D eigenvalue weighted by Gasteiger charge is -2.19. The van der Waals surface area contributed by atoms with Gasteiger partial charge in [-0.15, -0.1) is 0 Å². The molecule has 82 valence electrons.